The van der Waals surface area contributed by atoms with Crippen molar-refractivity contribution in [2.24, 2.45) is 17.8 Å². The van der Waals surface area contributed by atoms with Gasteiger partial charge in [0.15, 0.2) is 0 Å². The van der Waals surface area contributed by atoms with E-state index in [1.165, 1.54) is 12.1 Å². The summed E-state index contributed by atoms with van der Waals surface area (Å²) in [5.74, 6) is 2.38. The lowest BCUT2D eigenvalue weighted by Gasteiger charge is -2.33. The molecule has 0 aromatic carbocycles. The monoisotopic (exact) mass is 304 g/mol. The minimum atomic E-state index is -0.647. The third-order valence-electron chi connectivity index (χ3n) is 5.69. The molecule has 0 bridgehead atoms. The van der Waals surface area contributed by atoms with Gasteiger partial charge < -0.3 is 9.84 Å². The smallest absolute Gasteiger partial charge is 0.0776 e. The van der Waals surface area contributed by atoms with Gasteiger partial charge in [0.25, 0.3) is 0 Å². The predicted octanol–water partition coefficient (Wildman–Crippen LogP) is 3.03. The number of ether oxygens (including phenoxy) is 1. The second kappa shape index (κ2) is 5.38. The summed E-state index contributed by atoms with van der Waals surface area (Å²) < 4.78 is 6.30. The van der Waals surface area contributed by atoms with Crippen molar-refractivity contribution in [3.63, 3.8) is 0 Å². The van der Waals surface area contributed by atoms with Gasteiger partial charge in [-0.05, 0) is 37.2 Å². The van der Waals surface area contributed by atoms with E-state index in [1.807, 2.05) is 6.92 Å². The minimum Gasteiger partial charge on any atom is -0.389 e. The highest BCUT2D eigenvalue weighted by Crippen LogP contribution is 2.67. The molecule has 2 saturated carbocycles. The highest BCUT2D eigenvalue weighted by Gasteiger charge is 2.73. The van der Waals surface area contributed by atoms with Crippen LogP contribution in [-0.2, 0) is 4.74 Å². The first kappa shape index (κ1) is 15.9. The Labute approximate surface area is 119 Å². The van der Waals surface area contributed by atoms with Crippen molar-refractivity contribution in [1.82, 2.24) is 0 Å². The number of hydrogen-bond donors (Lipinski definition) is 1. The summed E-state index contributed by atoms with van der Waals surface area (Å²) in [5, 5.41) is 10.6. The normalized spacial score (nSPS) is 47.7. The molecule has 2 nitrogen and oxygen atoms in total. The molecule has 2 rings (SSSR count). The van der Waals surface area contributed by atoms with Gasteiger partial charge in [-0.1, -0.05) is 28.3 Å². The second-order valence-electron chi connectivity index (χ2n) is 6.82. The van der Waals surface area contributed by atoms with Gasteiger partial charge in [0.1, 0.15) is 0 Å². The number of hydrogen-bond acceptors (Lipinski definition) is 2. The first-order valence-corrected chi connectivity index (χ1v) is 11.7. The van der Waals surface area contributed by atoms with Gasteiger partial charge in [0.05, 0.1) is 17.6 Å². The lowest BCUT2D eigenvalue weighted by atomic mass is 9.82. The van der Waals surface area contributed by atoms with Crippen molar-refractivity contribution in [2.75, 3.05) is 18.4 Å². The van der Waals surface area contributed by atoms with Gasteiger partial charge in [-0.2, -0.15) is 0 Å². The molecule has 0 aromatic heterocycles. The number of aliphatic hydroxyl groups is 1. The summed E-state index contributed by atoms with van der Waals surface area (Å²) >= 11 is 0. The molecular formula is C15H30O2P2. The van der Waals surface area contributed by atoms with E-state index < -0.39 is 20.7 Å². The topological polar surface area (TPSA) is 29.5 Å². The summed E-state index contributed by atoms with van der Waals surface area (Å²) in [6.45, 7) is 8.53. The molecule has 3 unspecified atom stereocenters. The molecule has 0 radical (unpaired) electrons. The molecule has 2 fully saturated rings. The Hall–Kier alpha value is 0.520. The maximum atomic E-state index is 10.6. The van der Waals surface area contributed by atoms with E-state index in [0.717, 1.165) is 12.8 Å². The van der Waals surface area contributed by atoms with Crippen molar-refractivity contribution < 1.29 is 9.84 Å². The minimum absolute atomic E-state index is 0.0309. The highest BCUT2D eigenvalue weighted by molar-refractivity contribution is 7.72. The van der Waals surface area contributed by atoms with Crippen molar-refractivity contribution >= 4 is 27.7 Å². The van der Waals surface area contributed by atoms with Gasteiger partial charge >= 0.3 is 0 Å². The molecule has 0 amide bonds. The fourth-order valence-corrected chi connectivity index (χ4v) is 8.45. The molecule has 4 heteroatoms. The van der Waals surface area contributed by atoms with Crippen LogP contribution in [0.25, 0.3) is 0 Å². The van der Waals surface area contributed by atoms with Crippen LogP contribution in [0.15, 0.2) is 0 Å². The second-order valence-corrected chi connectivity index (χ2v) is 12.2. The molecule has 7 atom stereocenters. The number of rotatable bonds is 6. The Morgan fingerprint density at radius 3 is 2.42 bits per heavy atom. The zero-order chi connectivity index (χ0) is 14.4. The van der Waals surface area contributed by atoms with Gasteiger partial charge in [-0.3, -0.25) is 0 Å². The van der Waals surface area contributed by atoms with Crippen LogP contribution in [0, 0.1) is 17.8 Å². The third kappa shape index (κ3) is 2.67. The Kier molecular flexibility index (Phi) is 4.50. The summed E-state index contributed by atoms with van der Waals surface area (Å²) in [4.78, 5) is 0. The Morgan fingerprint density at radius 1 is 1.32 bits per heavy atom. The summed E-state index contributed by atoms with van der Waals surface area (Å²) in [7, 11) is -1.07. The predicted molar refractivity (Wildman–Crippen MR) is 92.0 cm³/mol. The standard InChI is InChI=1S/C15H30O2P2/c1-7-18(5)10-19(6)9-17-15-8-13(15)11(2)14(4,16)12(15)3/h11-13,16,18-19H,5-10H2,1-4H3/t11-,12+,13-,14+,15?/m1/s1. The highest BCUT2D eigenvalue weighted by atomic mass is 31.2. The van der Waals surface area contributed by atoms with Gasteiger partial charge in [0.2, 0.25) is 0 Å². The van der Waals surface area contributed by atoms with Gasteiger partial charge in [-0.15, -0.1) is 20.1 Å². The maximum Gasteiger partial charge on any atom is 0.0776 e. The molecule has 0 aromatic rings. The molecule has 19 heavy (non-hydrogen) atoms. The molecular weight excluding hydrogens is 274 g/mol. The fourth-order valence-electron chi connectivity index (χ4n) is 3.74. The molecule has 2 aliphatic rings. The first-order chi connectivity index (χ1) is 8.75. The van der Waals surface area contributed by atoms with E-state index in [1.54, 1.807) is 0 Å². The quantitative estimate of drug-likeness (QED) is 0.764. The van der Waals surface area contributed by atoms with Crippen molar-refractivity contribution in [3.05, 3.63) is 0 Å². The zero-order valence-corrected chi connectivity index (χ0v) is 14.8. The Morgan fingerprint density at radius 2 is 1.95 bits per heavy atom. The molecule has 112 valence electrons. The molecule has 0 aliphatic heterocycles. The SMILES string of the molecule is C=[PH](CC)C[PH](=C)COC12C[C@@H]1[C@@H](C)[C@](C)(O)[C@@H]2C. The zero-order valence-electron chi connectivity index (χ0n) is 12.8. The van der Waals surface area contributed by atoms with Crippen molar-refractivity contribution in [2.45, 2.75) is 45.3 Å². The van der Waals surface area contributed by atoms with Crippen LogP contribution >= 0.6 is 15.1 Å². The van der Waals surface area contributed by atoms with Crippen LogP contribution in [-0.4, -0.2) is 47.3 Å². The molecule has 1 N–H and O–H groups in total. The Bertz CT molecular complexity index is 405. The summed E-state index contributed by atoms with van der Waals surface area (Å²) in [5.41, 5.74) is -0.599. The molecule has 0 heterocycles. The molecule has 0 spiro atoms. The first-order valence-electron chi connectivity index (χ1n) is 7.45. The van der Waals surface area contributed by atoms with E-state index in [2.05, 4.69) is 33.4 Å². The fraction of sp³-hybridized carbons (Fsp3) is 0.867. The van der Waals surface area contributed by atoms with Crippen LogP contribution in [0.2, 0.25) is 0 Å². The number of fused-ring (bicyclic) bond motifs is 1. The summed E-state index contributed by atoms with van der Waals surface area (Å²) in [6.07, 6.45) is 11.8. The third-order valence-corrected chi connectivity index (χ3v) is 11.2. The maximum absolute atomic E-state index is 10.6. The van der Waals surface area contributed by atoms with E-state index >= 15 is 0 Å². The van der Waals surface area contributed by atoms with Gasteiger partial charge in [0, 0.05) is 5.92 Å². The van der Waals surface area contributed by atoms with E-state index in [0.29, 0.717) is 11.8 Å². The van der Waals surface area contributed by atoms with E-state index in [4.69, 9.17) is 4.74 Å². The summed E-state index contributed by atoms with van der Waals surface area (Å²) in [6, 6.07) is 0. The Balaban J connectivity index is 1.92. The average molecular weight is 304 g/mol. The molecule has 0 saturated heterocycles. The van der Waals surface area contributed by atoms with Crippen LogP contribution in [0.4, 0.5) is 0 Å². The largest absolute Gasteiger partial charge is 0.389 e. The lowest BCUT2D eigenvalue weighted by Crippen LogP contribution is -2.40. The lowest BCUT2D eigenvalue weighted by molar-refractivity contribution is -0.0672. The van der Waals surface area contributed by atoms with E-state index in [9.17, 15) is 5.11 Å². The van der Waals surface area contributed by atoms with Crippen LogP contribution in [0.5, 0.6) is 0 Å². The van der Waals surface area contributed by atoms with Crippen LogP contribution in [0.3, 0.4) is 0 Å². The average Bonchev–Trinajstić information content (AvgIpc) is 3.06. The van der Waals surface area contributed by atoms with E-state index in [-0.39, 0.29) is 11.5 Å². The van der Waals surface area contributed by atoms with Crippen molar-refractivity contribution in [1.29, 1.82) is 0 Å². The molecule has 2 aliphatic carbocycles. The van der Waals surface area contributed by atoms with Crippen molar-refractivity contribution in [3.8, 4) is 0 Å². The van der Waals surface area contributed by atoms with Gasteiger partial charge in [-0.25, -0.2) is 0 Å². The van der Waals surface area contributed by atoms with Crippen LogP contribution in [0.1, 0.15) is 34.1 Å². The van der Waals surface area contributed by atoms with Crippen LogP contribution < -0.4 is 0 Å².